The van der Waals surface area contributed by atoms with Gasteiger partial charge in [0.15, 0.2) is 0 Å². The summed E-state index contributed by atoms with van der Waals surface area (Å²) >= 11 is 5.79. The van der Waals surface area contributed by atoms with E-state index in [9.17, 15) is 13.2 Å². The summed E-state index contributed by atoms with van der Waals surface area (Å²) in [5, 5.41) is 3.37. The molecule has 0 unspecified atom stereocenters. The van der Waals surface area contributed by atoms with Crippen LogP contribution in [-0.2, 0) is 21.2 Å². The Labute approximate surface area is 137 Å². The van der Waals surface area contributed by atoms with Crippen LogP contribution in [0.5, 0.6) is 0 Å². The van der Waals surface area contributed by atoms with Gasteiger partial charge in [0, 0.05) is 24.5 Å². The molecule has 7 heteroatoms. The summed E-state index contributed by atoms with van der Waals surface area (Å²) < 4.78 is 25.5. The van der Waals surface area contributed by atoms with E-state index in [1.54, 1.807) is 12.1 Å². The maximum absolute atomic E-state index is 11.7. The average molecular weight is 347 g/mol. The number of hydrogen-bond acceptors (Lipinski definition) is 3. The fourth-order valence-corrected chi connectivity index (χ4v) is 3.16. The Hall–Kier alpha value is -1.11. The first-order valence-corrected chi connectivity index (χ1v) is 9.44. The number of halogens is 1. The quantitative estimate of drug-likeness (QED) is 0.637. The highest BCUT2D eigenvalue weighted by Crippen LogP contribution is 2.10. The van der Waals surface area contributed by atoms with Crippen LogP contribution >= 0.6 is 11.6 Å². The van der Waals surface area contributed by atoms with Crippen LogP contribution in [0.2, 0.25) is 5.02 Å². The fourth-order valence-electron chi connectivity index (χ4n) is 1.81. The number of amides is 1. The van der Waals surface area contributed by atoms with E-state index in [4.69, 9.17) is 11.6 Å². The predicted octanol–water partition coefficient (Wildman–Crippen LogP) is 2.11. The zero-order valence-corrected chi connectivity index (χ0v) is 14.3. The van der Waals surface area contributed by atoms with Gasteiger partial charge in [0.05, 0.1) is 5.75 Å². The van der Waals surface area contributed by atoms with E-state index in [-0.39, 0.29) is 18.2 Å². The monoisotopic (exact) mass is 346 g/mol. The second-order valence-electron chi connectivity index (χ2n) is 5.04. The molecule has 124 valence electrons. The number of nitrogens with one attached hydrogen (secondary N) is 2. The van der Waals surface area contributed by atoms with E-state index < -0.39 is 10.0 Å². The number of unbranched alkanes of at least 4 members (excludes halogenated alkanes) is 1. The minimum Gasteiger partial charge on any atom is -0.355 e. The lowest BCUT2D eigenvalue weighted by molar-refractivity contribution is -0.121. The molecule has 0 bridgehead atoms. The molecular weight excluding hydrogens is 324 g/mol. The lowest BCUT2D eigenvalue weighted by Gasteiger charge is -2.08. The highest BCUT2D eigenvalue weighted by atomic mass is 35.5. The Kier molecular flexibility index (Phi) is 8.45. The first kappa shape index (κ1) is 18.9. The summed E-state index contributed by atoms with van der Waals surface area (Å²) in [6.45, 7) is 2.46. The van der Waals surface area contributed by atoms with Crippen molar-refractivity contribution in [3.63, 3.8) is 0 Å². The third-order valence-electron chi connectivity index (χ3n) is 3.09. The van der Waals surface area contributed by atoms with Crippen molar-refractivity contribution in [1.29, 1.82) is 0 Å². The third-order valence-corrected chi connectivity index (χ3v) is 4.81. The molecule has 1 amide bonds. The molecule has 0 spiro atoms. The largest absolute Gasteiger partial charge is 0.355 e. The summed E-state index contributed by atoms with van der Waals surface area (Å²) in [4.78, 5) is 11.7. The molecule has 0 heterocycles. The van der Waals surface area contributed by atoms with Crippen LogP contribution in [0.25, 0.3) is 0 Å². The van der Waals surface area contributed by atoms with Gasteiger partial charge in [-0.25, -0.2) is 13.1 Å². The minimum atomic E-state index is -3.21. The van der Waals surface area contributed by atoms with E-state index in [1.165, 1.54) is 0 Å². The molecule has 1 aromatic rings. The van der Waals surface area contributed by atoms with Crippen molar-refractivity contribution < 1.29 is 13.2 Å². The first-order valence-electron chi connectivity index (χ1n) is 7.41. The summed E-state index contributed by atoms with van der Waals surface area (Å²) in [6, 6.07) is 7.36. The smallest absolute Gasteiger partial charge is 0.220 e. The molecule has 0 atom stereocenters. The summed E-state index contributed by atoms with van der Waals surface area (Å²) in [7, 11) is -3.21. The maximum Gasteiger partial charge on any atom is 0.220 e. The van der Waals surface area contributed by atoms with Crippen LogP contribution in [0.15, 0.2) is 24.3 Å². The van der Waals surface area contributed by atoms with Crippen molar-refractivity contribution in [2.75, 3.05) is 18.8 Å². The van der Waals surface area contributed by atoms with Crippen LogP contribution in [0.1, 0.15) is 31.7 Å². The number of carbonyl (C=O) groups is 1. The van der Waals surface area contributed by atoms with E-state index in [0.29, 0.717) is 30.8 Å². The molecular formula is C15H23ClN2O3S. The second kappa shape index (κ2) is 9.82. The Morgan fingerprint density at radius 3 is 2.50 bits per heavy atom. The van der Waals surface area contributed by atoms with Crippen molar-refractivity contribution >= 4 is 27.5 Å². The lowest BCUT2D eigenvalue weighted by Crippen LogP contribution is -2.35. The van der Waals surface area contributed by atoms with Crippen molar-refractivity contribution in [2.45, 2.75) is 32.6 Å². The number of sulfonamides is 1. The van der Waals surface area contributed by atoms with E-state index in [2.05, 4.69) is 10.0 Å². The van der Waals surface area contributed by atoms with Crippen LogP contribution in [0, 0.1) is 0 Å². The molecule has 5 nitrogen and oxygen atoms in total. The van der Waals surface area contributed by atoms with Crippen LogP contribution in [0.4, 0.5) is 0 Å². The van der Waals surface area contributed by atoms with Gasteiger partial charge in [-0.3, -0.25) is 4.79 Å². The van der Waals surface area contributed by atoms with Crippen LogP contribution in [-0.4, -0.2) is 33.2 Å². The molecule has 0 aliphatic carbocycles. The van der Waals surface area contributed by atoms with E-state index >= 15 is 0 Å². The second-order valence-corrected chi connectivity index (χ2v) is 7.41. The van der Waals surface area contributed by atoms with Crippen molar-refractivity contribution in [3.8, 4) is 0 Å². The normalized spacial score (nSPS) is 11.4. The van der Waals surface area contributed by atoms with Crippen LogP contribution < -0.4 is 10.0 Å². The van der Waals surface area contributed by atoms with Gasteiger partial charge in [0.1, 0.15) is 0 Å². The lowest BCUT2D eigenvalue weighted by atomic mass is 10.1. The molecule has 22 heavy (non-hydrogen) atoms. The Morgan fingerprint density at radius 2 is 1.86 bits per heavy atom. The number of aryl methyl sites for hydroxylation is 1. The van der Waals surface area contributed by atoms with Gasteiger partial charge in [-0.1, -0.05) is 37.1 Å². The van der Waals surface area contributed by atoms with Crippen LogP contribution in [0.3, 0.4) is 0 Å². The predicted molar refractivity (Wildman–Crippen MR) is 89.5 cm³/mol. The minimum absolute atomic E-state index is 0.0947. The maximum atomic E-state index is 11.7. The Bertz CT molecular complexity index is 559. The molecule has 0 saturated heterocycles. The third kappa shape index (κ3) is 8.36. The molecule has 0 aromatic heterocycles. The molecule has 0 fully saturated rings. The van der Waals surface area contributed by atoms with Gasteiger partial charge < -0.3 is 5.32 Å². The van der Waals surface area contributed by atoms with Gasteiger partial charge >= 0.3 is 0 Å². The molecule has 0 aliphatic rings. The zero-order valence-electron chi connectivity index (χ0n) is 12.8. The first-order chi connectivity index (χ1) is 10.4. The highest BCUT2D eigenvalue weighted by Gasteiger charge is 2.08. The van der Waals surface area contributed by atoms with Crippen molar-refractivity contribution in [2.24, 2.45) is 0 Å². The number of hydrogen-bond donors (Lipinski definition) is 2. The van der Waals surface area contributed by atoms with Crippen molar-refractivity contribution in [1.82, 2.24) is 10.0 Å². The molecule has 1 aromatic carbocycles. The van der Waals surface area contributed by atoms with Crippen molar-refractivity contribution in [3.05, 3.63) is 34.9 Å². The number of rotatable bonds is 10. The fraction of sp³-hybridized carbons (Fsp3) is 0.533. The number of benzene rings is 1. The molecule has 2 N–H and O–H groups in total. The molecule has 1 rings (SSSR count). The van der Waals surface area contributed by atoms with E-state index in [0.717, 1.165) is 12.0 Å². The summed E-state index contributed by atoms with van der Waals surface area (Å²) in [5.74, 6) is 0.0382. The standard InChI is InChI=1S/C15H23ClN2O3S/c1-2-3-12-22(20,21)18-11-10-17-15(19)9-6-13-4-7-14(16)8-5-13/h4-5,7-8,18H,2-3,6,9-12H2,1H3,(H,17,19). The SMILES string of the molecule is CCCCS(=O)(=O)NCCNC(=O)CCc1ccc(Cl)cc1. The molecule has 0 aliphatic heterocycles. The summed E-state index contributed by atoms with van der Waals surface area (Å²) in [5.41, 5.74) is 1.04. The van der Waals surface area contributed by atoms with Gasteiger partial charge in [0.25, 0.3) is 0 Å². The van der Waals surface area contributed by atoms with Gasteiger partial charge in [-0.05, 0) is 30.5 Å². The van der Waals surface area contributed by atoms with Gasteiger partial charge in [-0.2, -0.15) is 0 Å². The average Bonchev–Trinajstić information content (AvgIpc) is 2.49. The van der Waals surface area contributed by atoms with Gasteiger partial charge in [0.2, 0.25) is 15.9 Å². The topological polar surface area (TPSA) is 75.3 Å². The van der Waals surface area contributed by atoms with E-state index in [1.807, 2.05) is 19.1 Å². The Morgan fingerprint density at radius 1 is 1.18 bits per heavy atom. The highest BCUT2D eigenvalue weighted by molar-refractivity contribution is 7.89. The molecule has 0 radical (unpaired) electrons. The Balaban J connectivity index is 2.17. The number of carbonyl (C=O) groups excluding carboxylic acids is 1. The zero-order chi connectivity index (χ0) is 16.4. The molecule has 0 saturated carbocycles. The van der Waals surface area contributed by atoms with Gasteiger partial charge in [-0.15, -0.1) is 0 Å². The summed E-state index contributed by atoms with van der Waals surface area (Å²) in [6.07, 6.45) is 2.47.